The summed E-state index contributed by atoms with van der Waals surface area (Å²) < 4.78 is 23.5. The zero-order valence-electron chi connectivity index (χ0n) is 11.8. The van der Waals surface area contributed by atoms with Gasteiger partial charge in [0.05, 0.1) is 11.5 Å². The van der Waals surface area contributed by atoms with Crippen LogP contribution in [0.5, 0.6) is 0 Å². The smallest absolute Gasteiger partial charge is 0.152 e. The summed E-state index contributed by atoms with van der Waals surface area (Å²) in [5, 5.41) is 3.63. The summed E-state index contributed by atoms with van der Waals surface area (Å²) in [6.07, 6.45) is 2.99. The summed E-state index contributed by atoms with van der Waals surface area (Å²) >= 11 is 0. The van der Waals surface area contributed by atoms with Gasteiger partial charge in [0.1, 0.15) is 0 Å². The Hall–Kier alpha value is -0.130. The van der Waals surface area contributed by atoms with Crippen LogP contribution < -0.4 is 5.32 Å². The van der Waals surface area contributed by atoms with E-state index in [0.717, 1.165) is 38.9 Å². The van der Waals surface area contributed by atoms with E-state index in [9.17, 15) is 8.42 Å². The molecule has 0 aromatic heterocycles. The monoisotopic (exact) mass is 274 g/mol. The maximum absolute atomic E-state index is 11.7. The molecule has 2 heterocycles. The molecule has 2 saturated heterocycles. The maximum Gasteiger partial charge on any atom is 0.152 e. The van der Waals surface area contributed by atoms with Gasteiger partial charge in [0.2, 0.25) is 0 Å². The second kappa shape index (κ2) is 4.76. The van der Waals surface area contributed by atoms with E-state index < -0.39 is 9.84 Å². The van der Waals surface area contributed by atoms with E-state index in [-0.39, 0.29) is 11.1 Å². The van der Waals surface area contributed by atoms with Crippen molar-refractivity contribution in [2.24, 2.45) is 0 Å². The molecule has 0 spiro atoms. The van der Waals surface area contributed by atoms with Crippen molar-refractivity contribution in [2.75, 3.05) is 31.1 Å². The molecule has 1 unspecified atom stereocenters. The molecule has 2 aliphatic heterocycles. The van der Waals surface area contributed by atoms with E-state index in [1.165, 1.54) is 0 Å². The van der Waals surface area contributed by atoms with Crippen LogP contribution in [0.1, 0.15) is 40.0 Å². The van der Waals surface area contributed by atoms with Crippen molar-refractivity contribution in [2.45, 2.75) is 51.1 Å². The molecular formula is C13H26N2O2S. The number of sulfone groups is 1. The van der Waals surface area contributed by atoms with Crippen molar-refractivity contribution in [1.29, 1.82) is 0 Å². The lowest BCUT2D eigenvalue weighted by Crippen LogP contribution is -2.65. The van der Waals surface area contributed by atoms with Gasteiger partial charge in [0.15, 0.2) is 9.84 Å². The summed E-state index contributed by atoms with van der Waals surface area (Å²) in [5.74, 6) is 0.697. The lowest BCUT2D eigenvalue weighted by molar-refractivity contribution is 0.0454. The Labute approximate surface area is 111 Å². The molecule has 0 aliphatic carbocycles. The minimum atomic E-state index is -2.82. The van der Waals surface area contributed by atoms with Gasteiger partial charge in [-0.05, 0) is 26.2 Å². The van der Waals surface area contributed by atoms with E-state index in [1.54, 1.807) is 0 Å². The summed E-state index contributed by atoms with van der Waals surface area (Å²) in [7, 11) is -2.82. The van der Waals surface area contributed by atoms with Crippen LogP contribution in [0.3, 0.4) is 0 Å². The fourth-order valence-electron chi connectivity index (χ4n) is 3.38. The van der Waals surface area contributed by atoms with Crippen LogP contribution in [-0.2, 0) is 9.84 Å². The highest BCUT2D eigenvalue weighted by molar-refractivity contribution is 7.91. The van der Waals surface area contributed by atoms with Gasteiger partial charge in [-0.2, -0.15) is 0 Å². The zero-order valence-corrected chi connectivity index (χ0v) is 12.6. The van der Waals surface area contributed by atoms with Crippen LogP contribution in [0, 0.1) is 0 Å². The predicted octanol–water partition coefficient (Wildman–Crippen LogP) is 1.03. The first-order valence-electron chi connectivity index (χ1n) is 7.05. The van der Waals surface area contributed by atoms with Crippen LogP contribution in [0.4, 0.5) is 0 Å². The molecule has 0 bridgehead atoms. The first-order chi connectivity index (χ1) is 8.35. The van der Waals surface area contributed by atoms with Gasteiger partial charge in [-0.1, -0.05) is 13.8 Å². The Bertz CT molecular complexity index is 403. The Kier molecular flexibility index (Phi) is 3.78. The lowest BCUT2D eigenvalue weighted by Gasteiger charge is -2.49. The van der Waals surface area contributed by atoms with Gasteiger partial charge in [0.25, 0.3) is 0 Å². The van der Waals surface area contributed by atoms with Crippen LogP contribution in [-0.4, -0.2) is 55.5 Å². The summed E-state index contributed by atoms with van der Waals surface area (Å²) in [4.78, 5) is 2.42. The average molecular weight is 274 g/mol. The molecule has 2 fully saturated rings. The Balaban J connectivity index is 2.14. The van der Waals surface area contributed by atoms with Gasteiger partial charge in [-0.3, -0.25) is 4.90 Å². The number of rotatable bonds is 3. The molecule has 0 amide bonds. The van der Waals surface area contributed by atoms with Crippen molar-refractivity contribution in [3.63, 3.8) is 0 Å². The van der Waals surface area contributed by atoms with E-state index in [2.05, 4.69) is 31.0 Å². The van der Waals surface area contributed by atoms with Crippen molar-refractivity contribution in [1.82, 2.24) is 10.2 Å². The van der Waals surface area contributed by atoms with Gasteiger partial charge >= 0.3 is 0 Å². The fourth-order valence-corrected chi connectivity index (χ4v) is 5.55. The quantitative estimate of drug-likeness (QED) is 0.835. The molecular weight excluding hydrogens is 248 g/mol. The molecule has 0 aromatic carbocycles. The van der Waals surface area contributed by atoms with Gasteiger partial charge < -0.3 is 5.32 Å². The first-order valence-corrected chi connectivity index (χ1v) is 8.87. The first kappa shape index (κ1) is 14.3. The highest BCUT2D eigenvalue weighted by Gasteiger charge is 2.46. The largest absolute Gasteiger partial charge is 0.309 e. The molecule has 1 atom stereocenters. The molecule has 0 saturated carbocycles. The van der Waals surface area contributed by atoms with E-state index in [4.69, 9.17) is 0 Å². The third-order valence-electron chi connectivity index (χ3n) is 4.97. The number of nitrogens with zero attached hydrogens (tertiary/aromatic N) is 1. The molecule has 18 heavy (non-hydrogen) atoms. The van der Waals surface area contributed by atoms with Gasteiger partial charge in [-0.25, -0.2) is 8.42 Å². The third kappa shape index (κ3) is 2.58. The number of hydrogen-bond donors (Lipinski definition) is 1. The normalized spacial score (nSPS) is 35.7. The Morgan fingerprint density at radius 2 is 1.94 bits per heavy atom. The molecule has 4 nitrogen and oxygen atoms in total. The second-order valence-electron chi connectivity index (χ2n) is 6.17. The van der Waals surface area contributed by atoms with Gasteiger partial charge in [0, 0.05) is 30.7 Å². The summed E-state index contributed by atoms with van der Waals surface area (Å²) in [6, 6.07) is 0. The Morgan fingerprint density at radius 1 is 1.28 bits per heavy atom. The molecule has 0 aromatic rings. The van der Waals surface area contributed by atoms with Crippen molar-refractivity contribution >= 4 is 9.84 Å². The zero-order chi connectivity index (χ0) is 13.4. The Morgan fingerprint density at radius 3 is 2.44 bits per heavy atom. The average Bonchev–Trinajstić information content (AvgIpc) is 2.65. The standard InChI is InChI=1S/C13H26N2O2S/c1-4-13(5-2)10-15(8-7-14-13)12(3)6-9-18(16,17)11-12/h14H,4-11H2,1-3H3. The van der Waals surface area contributed by atoms with Crippen LogP contribution in [0.15, 0.2) is 0 Å². The molecule has 0 radical (unpaired) electrons. The predicted molar refractivity (Wildman–Crippen MR) is 74.6 cm³/mol. The maximum atomic E-state index is 11.7. The number of hydrogen-bond acceptors (Lipinski definition) is 4. The van der Waals surface area contributed by atoms with E-state index >= 15 is 0 Å². The highest BCUT2D eigenvalue weighted by Crippen LogP contribution is 2.33. The topological polar surface area (TPSA) is 49.4 Å². The molecule has 106 valence electrons. The van der Waals surface area contributed by atoms with Crippen LogP contribution >= 0.6 is 0 Å². The van der Waals surface area contributed by atoms with E-state index in [0.29, 0.717) is 11.5 Å². The van der Waals surface area contributed by atoms with Crippen LogP contribution in [0.2, 0.25) is 0 Å². The fraction of sp³-hybridized carbons (Fsp3) is 1.00. The SMILES string of the molecule is CCC1(CC)CN(C2(C)CCS(=O)(=O)C2)CCN1. The van der Waals surface area contributed by atoms with E-state index in [1.807, 2.05) is 0 Å². The molecule has 5 heteroatoms. The third-order valence-corrected chi connectivity index (χ3v) is 6.86. The minimum absolute atomic E-state index is 0.142. The highest BCUT2D eigenvalue weighted by atomic mass is 32.2. The van der Waals surface area contributed by atoms with Crippen molar-refractivity contribution < 1.29 is 8.42 Å². The van der Waals surface area contributed by atoms with Crippen molar-refractivity contribution in [3.05, 3.63) is 0 Å². The minimum Gasteiger partial charge on any atom is -0.309 e. The second-order valence-corrected chi connectivity index (χ2v) is 8.36. The molecule has 1 N–H and O–H groups in total. The number of piperazine rings is 1. The molecule has 2 rings (SSSR count). The van der Waals surface area contributed by atoms with Crippen LogP contribution in [0.25, 0.3) is 0 Å². The number of nitrogens with one attached hydrogen (secondary N) is 1. The van der Waals surface area contributed by atoms with Gasteiger partial charge in [-0.15, -0.1) is 0 Å². The summed E-state index contributed by atoms with van der Waals surface area (Å²) in [6.45, 7) is 9.47. The van der Waals surface area contributed by atoms with Crippen molar-refractivity contribution in [3.8, 4) is 0 Å². The molecule has 2 aliphatic rings. The lowest BCUT2D eigenvalue weighted by atomic mass is 9.87. The summed E-state index contributed by atoms with van der Waals surface area (Å²) in [5.41, 5.74) is 0.0319.